The number of guanidine groups is 1. The molecule has 0 aliphatic heterocycles. The molecule has 6 heteroatoms. The van der Waals surface area contributed by atoms with E-state index >= 15 is 0 Å². The van der Waals surface area contributed by atoms with Crippen LogP contribution in [0.15, 0.2) is 71.2 Å². The highest BCUT2D eigenvalue weighted by molar-refractivity contribution is 7.10. The Bertz CT molecular complexity index is 865. The number of aromatic nitrogens is 1. The van der Waals surface area contributed by atoms with Crippen molar-refractivity contribution in [3.8, 4) is 5.88 Å². The molecule has 0 saturated heterocycles. The molecule has 146 valence electrons. The van der Waals surface area contributed by atoms with E-state index in [1.54, 1.807) is 24.6 Å². The lowest BCUT2D eigenvalue weighted by molar-refractivity contribution is 0.293. The predicted molar refractivity (Wildman–Crippen MR) is 116 cm³/mol. The molecule has 5 nitrogen and oxygen atoms in total. The Balaban J connectivity index is 1.47. The largest absolute Gasteiger partial charge is 0.473 e. The molecule has 1 unspecified atom stereocenters. The van der Waals surface area contributed by atoms with Crippen molar-refractivity contribution in [2.24, 2.45) is 4.99 Å². The van der Waals surface area contributed by atoms with Gasteiger partial charge in [-0.2, -0.15) is 0 Å². The molecule has 0 aliphatic carbocycles. The van der Waals surface area contributed by atoms with Gasteiger partial charge in [-0.15, -0.1) is 11.3 Å². The maximum absolute atomic E-state index is 5.80. The Morgan fingerprint density at radius 2 is 1.96 bits per heavy atom. The van der Waals surface area contributed by atoms with Gasteiger partial charge in [-0.25, -0.2) is 4.98 Å². The number of nitrogens with one attached hydrogen (secondary N) is 2. The second kappa shape index (κ2) is 10.5. The summed E-state index contributed by atoms with van der Waals surface area (Å²) in [6, 6.07) is 18.3. The number of ether oxygens (including phenoxy) is 1. The molecule has 1 atom stereocenters. The summed E-state index contributed by atoms with van der Waals surface area (Å²) in [7, 11) is 1.78. The standard InChI is InChI=1S/C22H26N4OS/c1-17(20-9-6-12-28-20)14-25-22(23-2)26-15-19-10-11-24-21(13-19)27-16-18-7-4-3-5-8-18/h3-13,17H,14-16H2,1-2H3,(H2,23,25,26). The third-order valence-electron chi connectivity index (χ3n) is 4.32. The molecule has 3 rings (SSSR count). The normalized spacial score (nSPS) is 12.4. The number of rotatable bonds is 8. The summed E-state index contributed by atoms with van der Waals surface area (Å²) in [5, 5.41) is 8.84. The van der Waals surface area contributed by atoms with E-state index in [2.05, 4.69) is 45.0 Å². The molecule has 0 radical (unpaired) electrons. The zero-order valence-corrected chi connectivity index (χ0v) is 17.1. The lowest BCUT2D eigenvalue weighted by atomic mass is 10.1. The summed E-state index contributed by atoms with van der Waals surface area (Å²) >= 11 is 1.78. The predicted octanol–water partition coefficient (Wildman–Crippen LogP) is 4.19. The third kappa shape index (κ3) is 6.09. The SMILES string of the molecule is CN=C(NCc1ccnc(OCc2ccccc2)c1)NCC(C)c1cccs1. The van der Waals surface area contributed by atoms with Gasteiger partial charge in [0.25, 0.3) is 0 Å². The maximum Gasteiger partial charge on any atom is 0.213 e. The van der Waals surface area contributed by atoms with Crippen molar-refractivity contribution in [1.29, 1.82) is 0 Å². The monoisotopic (exact) mass is 394 g/mol. The molecule has 0 aliphatic rings. The number of pyridine rings is 1. The summed E-state index contributed by atoms with van der Waals surface area (Å²) in [6.45, 7) is 4.21. The van der Waals surface area contributed by atoms with E-state index in [9.17, 15) is 0 Å². The van der Waals surface area contributed by atoms with Crippen molar-refractivity contribution in [3.63, 3.8) is 0 Å². The highest BCUT2D eigenvalue weighted by atomic mass is 32.1. The summed E-state index contributed by atoms with van der Waals surface area (Å²) in [5.74, 6) is 1.85. The fourth-order valence-corrected chi connectivity index (χ4v) is 3.49. The van der Waals surface area contributed by atoms with Crippen molar-refractivity contribution in [2.75, 3.05) is 13.6 Å². The second-order valence-corrected chi connectivity index (χ2v) is 7.48. The number of nitrogens with zero attached hydrogens (tertiary/aromatic N) is 2. The quantitative estimate of drug-likeness (QED) is 0.444. The molecule has 2 aromatic heterocycles. The Morgan fingerprint density at radius 3 is 2.71 bits per heavy atom. The highest BCUT2D eigenvalue weighted by Crippen LogP contribution is 2.19. The first-order chi connectivity index (χ1) is 13.7. The minimum absolute atomic E-state index is 0.442. The van der Waals surface area contributed by atoms with Crippen LogP contribution in [0.1, 0.15) is 28.8 Å². The highest BCUT2D eigenvalue weighted by Gasteiger charge is 2.08. The van der Waals surface area contributed by atoms with E-state index in [0.29, 0.717) is 24.9 Å². The molecule has 3 aromatic rings. The minimum Gasteiger partial charge on any atom is -0.473 e. The fourth-order valence-electron chi connectivity index (χ4n) is 2.70. The minimum atomic E-state index is 0.442. The van der Waals surface area contributed by atoms with Gasteiger partial charge in [0.15, 0.2) is 5.96 Å². The Morgan fingerprint density at radius 1 is 1.11 bits per heavy atom. The molecular formula is C22H26N4OS. The first-order valence-corrected chi connectivity index (χ1v) is 10.2. The van der Waals surface area contributed by atoms with E-state index in [1.165, 1.54) is 4.88 Å². The van der Waals surface area contributed by atoms with E-state index in [0.717, 1.165) is 23.6 Å². The zero-order valence-electron chi connectivity index (χ0n) is 16.3. The molecule has 2 heterocycles. The van der Waals surface area contributed by atoms with Crippen LogP contribution in [-0.2, 0) is 13.2 Å². The van der Waals surface area contributed by atoms with Gasteiger partial charge >= 0.3 is 0 Å². The van der Waals surface area contributed by atoms with Crippen LogP contribution in [0.5, 0.6) is 5.88 Å². The molecule has 28 heavy (non-hydrogen) atoms. The van der Waals surface area contributed by atoms with Crippen LogP contribution in [0.2, 0.25) is 0 Å². The molecule has 0 amide bonds. The molecule has 1 aromatic carbocycles. The topological polar surface area (TPSA) is 58.5 Å². The lowest BCUT2D eigenvalue weighted by Crippen LogP contribution is -2.38. The van der Waals surface area contributed by atoms with Crippen molar-refractivity contribution in [1.82, 2.24) is 15.6 Å². The Kier molecular flexibility index (Phi) is 7.44. The van der Waals surface area contributed by atoms with Crippen molar-refractivity contribution < 1.29 is 4.74 Å². The Labute approximate surface area is 170 Å². The molecule has 0 fully saturated rings. The van der Waals surface area contributed by atoms with Crippen LogP contribution in [-0.4, -0.2) is 24.5 Å². The lowest BCUT2D eigenvalue weighted by Gasteiger charge is -2.15. The third-order valence-corrected chi connectivity index (χ3v) is 5.42. The first-order valence-electron chi connectivity index (χ1n) is 9.34. The smallest absolute Gasteiger partial charge is 0.213 e. The number of thiophene rings is 1. The van der Waals surface area contributed by atoms with E-state index in [4.69, 9.17) is 4.74 Å². The van der Waals surface area contributed by atoms with Crippen LogP contribution >= 0.6 is 11.3 Å². The summed E-state index contributed by atoms with van der Waals surface area (Å²) < 4.78 is 5.80. The second-order valence-electron chi connectivity index (χ2n) is 6.50. The summed E-state index contributed by atoms with van der Waals surface area (Å²) in [6.07, 6.45) is 1.77. The van der Waals surface area contributed by atoms with Gasteiger partial charge in [-0.05, 0) is 28.6 Å². The fraction of sp³-hybridized carbons (Fsp3) is 0.273. The van der Waals surface area contributed by atoms with Crippen LogP contribution in [0.3, 0.4) is 0 Å². The van der Waals surface area contributed by atoms with Crippen LogP contribution in [0.25, 0.3) is 0 Å². The van der Waals surface area contributed by atoms with E-state index < -0.39 is 0 Å². The summed E-state index contributed by atoms with van der Waals surface area (Å²) in [5.41, 5.74) is 2.21. The van der Waals surface area contributed by atoms with Crippen LogP contribution < -0.4 is 15.4 Å². The average Bonchev–Trinajstić information content (AvgIpc) is 3.28. The molecule has 0 bridgehead atoms. The van der Waals surface area contributed by atoms with Crippen molar-refractivity contribution in [2.45, 2.75) is 26.0 Å². The van der Waals surface area contributed by atoms with Gasteiger partial charge in [0.1, 0.15) is 6.61 Å². The molecule has 2 N–H and O–H groups in total. The Hall–Kier alpha value is -2.86. The van der Waals surface area contributed by atoms with Crippen LogP contribution in [0, 0.1) is 0 Å². The van der Waals surface area contributed by atoms with Crippen molar-refractivity contribution >= 4 is 17.3 Å². The first kappa shape index (κ1) is 19.9. The summed E-state index contributed by atoms with van der Waals surface area (Å²) in [4.78, 5) is 9.97. The van der Waals surface area contributed by atoms with Crippen LogP contribution in [0.4, 0.5) is 0 Å². The van der Waals surface area contributed by atoms with Gasteiger partial charge in [-0.1, -0.05) is 43.3 Å². The van der Waals surface area contributed by atoms with Gasteiger partial charge in [-0.3, -0.25) is 4.99 Å². The average molecular weight is 395 g/mol. The molecular weight excluding hydrogens is 368 g/mol. The van der Waals surface area contributed by atoms with Gasteiger partial charge in [0.2, 0.25) is 5.88 Å². The van der Waals surface area contributed by atoms with Gasteiger partial charge < -0.3 is 15.4 Å². The number of hydrogen-bond acceptors (Lipinski definition) is 4. The number of benzene rings is 1. The zero-order chi connectivity index (χ0) is 19.6. The number of hydrogen-bond donors (Lipinski definition) is 2. The van der Waals surface area contributed by atoms with Gasteiger partial charge in [0, 0.05) is 43.2 Å². The van der Waals surface area contributed by atoms with Crippen molar-refractivity contribution in [3.05, 3.63) is 82.2 Å². The van der Waals surface area contributed by atoms with Gasteiger partial charge in [0.05, 0.1) is 0 Å². The molecule has 0 spiro atoms. The molecule has 0 saturated carbocycles. The van der Waals surface area contributed by atoms with E-state index in [1.807, 2.05) is 42.5 Å². The number of aliphatic imine (C=N–C) groups is 1. The maximum atomic E-state index is 5.80. The van der Waals surface area contributed by atoms with E-state index in [-0.39, 0.29) is 0 Å².